The third kappa shape index (κ3) is 7.77. The molecule has 1 aliphatic heterocycles. The molecule has 2 aliphatic rings. The second-order valence-electron chi connectivity index (χ2n) is 12.6. The van der Waals surface area contributed by atoms with E-state index in [1.165, 1.54) is 32.4 Å². The molecular formula is C32H51N5O3. The third-order valence-electron chi connectivity index (χ3n) is 8.31. The van der Waals surface area contributed by atoms with E-state index in [1.807, 2.05) is 30.0 Å². The number of nitrogens with zero attached hydrogens (tertiary/aromatic N) is 4. The maximum Gasteiger partial charge on any atom is 0.331 e. The van der Waals surface area contributed by atoms with Gasteiger partial charge in [0.05, 0.1) is 17.6 Å². The summed E-state index contributed by atoms with van der Waals surface area (Å²) in [5.74, 6) is 1.66. The second-order valence-corrected chi connectivity index (χ2v) is 12.6. The number of nitrogens with one attached hydrogen (secondary N) is 1. The van der Waals surface area contributed by atoms with Crippen molar-refractivity contribution in [2.45, 2.75) is 98.1 Å². The maximum absolute atomic E-state index is 13.8. The number of benzene rings is 1. The molecule has 0 spiro atoms. The van der Waals surface area contributed by atoms with Crippen molar-refractivity contribution in [2.75, 3.05) is 44.6 Å². The molecule has 4 rings (SSSR count). The number of piperidine rings is 1. The molecule has 2 aromatic rings. The van der Waals surface area contributed by atoms with Crippen LogP contribution in [0.4, 0.5) is 5.95 Å². The monoisotopic (exact) mass is 553 g/mol. The Morgan fingerprint density at radius 3 is 2.30 bits per heavy atom. The highest BCUT2D eigenvalue weighted by Crippen LogP contribution is 2.40. The Hall–Kier alpha value is -2.61. The van der Waals surface area contributed by atoms with Crippen molar-refractivity contribution in [3.63, 3.8) is 0 Å². The third-order valence-corrected chi connectivity index (χ3v) is 8.31. The lowest BCUT2D eigenvalue weighted by molar-refractivity contribution is -0.145. The Balaban J connectivity index is 1.60. The minimum Gasteiger partial charge on any atom is -0.464 e. The van der Waals surface area contributed by atoms with Crippen LogP contribution < -0.4 is 5.32 Å². The number of esters is 1. The van der Waals surface area contributed by atoms with Crippen LogP contribution >= 0.6 is 0 Å². The van der Waals surface area contributed by atoms with Crippen LogP contribution in [-0.4, -0.2) is 76.1 Å². The van der Waals surface area contributed by atoms with E-state index in [4.69, 9.17) is 9.72 Å². The number of anilines is 1. The van der Waals surface area contributed by atoms with Gasteiger partial charge in [-0.25, -0.2) is 9.78 Å². The fourth-order valence-electron chi connectivity index (χ4n) is 5.53. The Labute approximate surface area is 240 Å². The number of ether oxygens (including phenoxy) is 1. The molecule has 1 saturated heterocycles. The molecule has 222 valence electrons. The minimum absolute atomic E-state index is 0.0870. The second kappa shape index (κ2) is 13.8. The summed E-state index contributed by atoms with van der Waals surface area (Å²) in [6.07, 6.45) is 8.33. The van der Waals surface area contributed by atoms with E-state index in [-0.39, 0.29) is 11.9 Å². The molecule has 0 bridgehead atoms. The molecule has 0 radical (unpaired) electrons. The van der Waals surface area contributed by atoms with Gasteiger partial charge in [0.1, 0.15) is 5.54 Å². The van der Waals surface area contributed by atoms with Crippen molar-refractivity contribution >= 4 is 28.9 Å². The van der Waals surface area contributed by atoms with Gasteiger partial charge in [0.25, 0.3) is 5.91 Å². The van der Waals surface area contributed by atoms with Gasteiger partial charge in [-0.05, 0) is 102 Å². The summed E-state index contributed by atoms with van der Waals surface area (Å²) in [6.45, 7) is 16.7. The highest BCUT2D eigenvalue weighted by molar-refractivity contribution is 5.98. The first-order valence-electron chi connectivity index (χ1n) is 15.7. The summed E-state index contributed by atoms with van der Waals surface area (Å²) in [4.78, 5) is 36.0. The van der Waals surface area contributed by atoms with Gasteiger partial charge in [0.2, 0.25) is 5.95 Å². The van der Waals surface area contributed by atoms with Crippen molar-refractivity contribution in [1.29, 1.82) is 0 Å². The number of hydrogen-bond donors (Lipinski definition) is 1. The predicted molar refractivity (Wildman–Crippen MR) is 162 cm³/mol. The van der Waals surface area contributed by atoms with Gasteiger partial charge in [-0.1, -0.05) is 34.1 Å². The highest BCUT2D eigenvalue weighted by atomic mass is 16.5. The Kier molecular flexibility index (Phi) is 10.5. The highest BCUT2D eigenvalue weighted by Gasteiger charge is 2.52. The van der Waals surface area contributed by atoms with Gasteiger partial charge < -0.3 is 24.4 Å². The number of carbonyl (C=O) groups is 2. The standard InChI is InChI=1S/C32H51N5O3/c1-6-40-30(39)32(15-16-32)34-31-33-27-12-11-26(29(38)36(21-13-24(2)3)22-14-25(4)5)23-28(27)37(31)20-10-19-35-17-8-7-9-18-35/h11-12,23-25H,6-10,13-22H2,1-5H3,(H,33,34). The van der Waals surface area contributed by atoms with Crippen LogP contribution in [0, 0.1) is 11.8 Å². The van der Waals surface area contributed by atoms with Crippen molar-refractivity contribution in [1.82, 2.24) is 19.4 Å². The first kappa shape index (κ1) is 30.4. The molecule has 1 amide bonds. The number of hydrogen-bond acceptors (Lipinski definition) is 6. The topological polar surface area (TPSA) is 79.7 Å². The van der Waals surface area contributed by atoms with Gasteiger partial charge >= 0.3 is 5.97 Å². The first-order chi connectivity index (χ1) is 19.2. The average Bonchev–Trinajstić information content (AvgIpc) is 3.64. The molecule has 0 atom stereocenters. The average molecular weight is 554 g/mol. The van der Waals surface area contributed by atoms with Crippen LogP contribution in [0.25, 0.3) is 11.0 Å². The Morgan fingerprint density at radius 2 is 1.70 bits per heavy atom. The van der Waals surface area contributed by atoms with E-state index >= 15 is 0 Å². The SMILES string of the molecule is CCOC(=O)C1(Nc2nc3ccc(C(=O)N(CCC(C)C)CCC(C)C)cc3n2CCCN2CCCCC2)CC1. The maximum atomic E-state index is 13.8. The van der Waals surface area contributed by atoms with Crippen molar-refractivity contribution in [3.05, 3.63) is 23.8 Å². The summed E-state index contributed by atoms with van der Waals surface area (Å²) in [6, 6.07) is 5.88. The van der Waals surface area contributed by atoms with Gasteiger partial charge in [0.15, 0.2) is 0 Å². The Bertz CT molecular complexity index is 1120. The first-order valence-corrected chi connectivity index (χ1v) is 15.7. The zero-order valence-electron chi connectivity index (χ0n) is 25.5. The lowest BCUT2D eigenvalue weighted by Gasteiger charge is -2.26. The molecule has 2 heterocycles. The molecular weight excluding hydrogens is 502 g/mol. The number of fused-ring (bicyclic) bond motifs is 1. The molecule has 2 fully saturated rings. The van der Waals surface area contributed by atoms with Crippen LogP contribution in [0.2, 0.25) is 0 Å². The molecule has 1 aromatic heterocycles. The molecule has 8 nitrogen and oxygen atoms in total. The van der Waals surface area contributed by atoms with E-state index in [0.29, 0.717) is 30.0 Å². The molecule has 1 saturated carbocycles. The van der Waals surface area contributed by atoms with E-state index in [1.54, 1.807) is 0 Å². The van der Waals surface area contributed by atoms with Crippen LogP contribution in [0.5, 0.6) is 0 Å². The number of carbonyl (C=O) groups excluding carboxylic acids is 2. The van der Waals surface area contributed by atoms with E-state index in [2.05, 4.69) is 42.5 Å². The molecule has 1 N–H and O–H groups in total. The summed E-state index contributed by atoms with van der Waals surface area (Å²) in [7, 11) is 0. The smallest absolute Gasteiger partial charge is 0.331 e. The summed E-state index contributed by atoms with van der Waals surface area (Å²) in [5, 5.41) is 3.47. The van der Waals surface area contributed by atoms with Crippen LogP contribution in [0.3, 0.4) is 0 Å². The fraction of sp³-hybridized carbons (Fsp3) is 0.719. The van der Waals surface area contributed by atoms with Crippen molar-refractivity contribution < 1.29 is 14.3 Å². The zero-order valence-corrected chi connectivity index (χ0v) is 25.5. The van der Waals surface area contributed by atoms with E-state index < -0.39 is 5.54 Å². The largest absolute Gasteiger partial charge is 0.464 e. The normalized spacial score (nSPS) is 17.0. The molecule has 40 heavy (non-hydrogen) atoms. The van der Waals surface area contributed by atoms with E-state index in [0.717, 1.165) is 69.3 Å². The van der Waals surface area contributed by atoms with E-state index in [9.17, 15) is 9.59 Å². The summed E-state index contributed by atoms with van der Waals surface area (Å²) in [5.41, 5.74) is 1.80. The number of rotatable bonds is 15. The molecule has 0 unspecified atom stereocenters. The Morgan fingerprint density at radius 1 is 1.02 bits per heavy atom. The lowest BCUT2D eigenvalue weighted by atomic mass is 10.1. The number of likely N-dealkylation sites (tertiary alicyclic amines) is 1. The molecule has 8 heteroatoms. The molecule has 1 aromatic carbocycles. The number of amides is 1. The van der Waals surface area contributed by atoms with Crippen LogP contribution in [0.1, 0.15) is 96.3 Å². The quantitative estimate of drug-likeness (QED) is 0.275. The van der Waals surface area contributed by atoms with Gasteiger partial charge in [-0.3, -0.25) is 4.79 Å². The summed E-state index contributed by atoms with van der Waals surface area (Å²) >= 11 is 0. The number of aromatic nitrogens is 2. The lowest BCUT2D eigenvalue weighted by Crippen LogP contribution is -2.35. The zero-order chi connectivity index (χ0) is 28.7. The van der Waals surface area contributed by atoms with Crippen LogP contribution in [-0.2, 0) is 16.1 Å². The fourth-order valence-corrected chi connectivity index (χ4v) is 5.53. The number of aryl methyl sites for hydroxylation is 1. The summed E-state index contributed by atoms with van der Waals surface area (Å²) < 4.78 is 7.56. The molecule has 1 aliphatic carbocycles. The number of imidazole rings is 1. The van der Waals surface area contributed by atoms with Crippen molar-refractivity contribution in [2.24, 2.45) is 11.8 Å². The van der Waals surface area contributed by atoms with Gasteiger partial charge in [-0.2, -0.15) is 0 Å². The van der Waals surface area contributed by atoms with Gasteiger partial charge in [-0.15, -0.1) is 0 Å². The van der Waals surface area contributed by atoms with Crippen LogP contribution in [0.15, 0.2) is 18.2 Å². The van der Waals surface area contributed by atoms with Gasteiger partial charge in [0, 0.05) is 25.2 Å². The predicted octanol–water partition coefficient (Wildman–Crippen LogP) is 5.95. The van der Waals surface area contributed by atoms with Crippen molar-refractivity contribution in [3.8, 4) is 0 Å². The minimum atomic E-state index is -0.689.